The third kappa shape index (κ3) is 3.34. The summed E-state index contributed by atoms with van der Waals surface area (Å²) in [6.07, 6.45) is 4.30. The number of halogens is 1. The molecule has 0 saturated heterocycles. The Kier molecular flexibility index (Phi) is 5.01. The lowest BCUT2D eigenvalue weighted by Gasteiger charge is -2.28. The molecule has 1 unspecified atom stereocenters. The van der Waals surface area contributed by atoms with Crippen LogP contribution in [0.5, 0.6) is 5.75 Å². The lowest BCUT2D eigenvalue weighted by molar-refractivity contribution is 0.363. The highest BCUT2D eigenvalue weighted by Gasteiger charge is 2.24. The van der Waals surface area contributed by atoms with Crippen LogP contribution in [-0.4, -0.2) is 42.7 Å². The molecule has 146 valence electrons. The first-order valence-electron chi connectivity index (χ1n) is 8.88. The van der Waals surface area contributed by atoms with E-state index < -0.39 is 11.3 Å². The number of nitrogens with zero attached hydrogens (tertiary/aromatic N) is 2. The first-order valence-corrected chi connectivity index (χ1v) is 9.94. The Labute approximate surface area is 164 Å². The van der Waals surface area contributed by atoms with Gasteiger partial charge in [-0.15, -0.1) is 0 Å². The normalized spacial score (nSPS) is 18.9. The fourth-order valence-electron chi connectivity index (χ4n) is 3.66. The summed E-state index contributed by atoms with van der Waals surface area (Å²) in [6, 6.07) is 8.11. The largest absolute Gasteiger partial charge is 0.496 e. The summed E-state index contributed by atoms with van der Waals surface area (Å²) in [5, 5.41) is 0.864. The molecule has 4 rings (SSSR count). The minimum absolute atomic E-state index is 0.156. The highest BCUT2D eigenvalue weighted by molar-refractivity contribution is 7.76. The van der Waals surface area contributed by atoms with Gasteiger partial charge in [-0.1, -0.05) is 6.08 Å². The van der Waals surface area contributed by atoms with E-state index in [4.69, 9.17) is 4.74 Å². The molecule has 2 N–H and O–H groups in total. The number of rotatable bonds is 4. The Morgan fingerprint density at radius 1 is 1.32 bits per heavy atom. The van der Waals surface area contributed by atoms with Crippen LogP contribution in [0.15, 0.2) is 42.6 Å². The van der Waals surface area contributed by atoms with Crippen LogP contribution in [0.25, 0.3) is 27.7 Å². The van der Waals surface area contributed by atoms with Crippen molar-refractivity contribution < 1.29 is 17.9 Å². The lowest BCUT2D eigenvalue weighted by atomic mass is 10.00. The topological polar surface area (TPSA) is 78.5 Å². The van der Waals surface area contributed by atoms with Crippen LogP contribution in [0, 0.1) is 5.82 Å². The Morgan fingerprint density at radius 2 is 2.14 bits per heavy atom. The second kappa shape index (κ2) is 7.46. The molecule has 8 heteroatoms. The van der Waals surface area contributed by atoms with Gasteiger partial charge in [-0.3, -0.25) is 4.55 Å². The van der Waals surface area contributed by atoms with Crippen LogP contribution in [0.2, 0.25) is 0 Å². The average molecular weight is 401 g/mol. The maximum absolute atomic E-state index is 13.9. The second-order valence-electron chi connectivity index (χ2n) is 6.70. The van der Waals surface area contributed by atoms with Gasteiger partial charge in [-0.25, -0.2) is 13.6 Å². The molecule has 0 bridgehead atoms. The number of H-pyrrole nitrogens is 1. The van der Waals surface area contributed by atoms with Gasteiger partial charge in [0, 0.05) is 35.4 Å². The molecule has 3 heterocycles. The SMILES string of the molecule is COc1ccc(F)cc1-c1ccnc2[nH]c(C3=C[C@H](C)N(S(=O)O)CC3)cc12. The number of benzene rings is 1. The van der Waals surface area contributed by atoms with Crippen molar-refractivity contribution in [1.29, 1.82) is 0 Å². The average Bonchev–Trinajstić information content (AvgIpc) is 3.12. The summed E-state index contributed by atoms with van der Waals surface area (Å²) in [7, 11) is 1.56. The van der Waals surface area contributed by atoms with Gasteiger partial charge >= 0.3 is 0 Å². The number of hydrogen-bond acceptors (Lipinski definition) is 3. The van der Waals surface area contributed by atoms with E-state index in [1.165, 1.54) is 16.4 Å². The van der Waals surface area contributed by atoms with Crippen LogP contribution in [-0.2, 0) is 11.3 Å². The van der Waals surface area contributed by atoms with Crippen LogP contribution >= 0.6 is 0 Å². The maximum Gasteiger partial charge on any atom is 0.235 e. The highest BCUT2D eigenvalue weighted by atomic mass is 32.2. The number of aromatic nitrogens is 2. The number of ether oxygens (including phenoxy) is 1. The molecule has 1 aliphatic rings. The number of hydrogen-bond donors (Lipinski definition) is 2. The Bertz CT molecular complexity index is 1100. The van der Waals surface area contributed by atoms with Gasteiger partial charge in [0.25, 0.3) is 0 Å². The van der Waals surface area contributed by atoms with E-state index in [2.05, 4.69) is 9.97 Å². The van der Waals surface area contributed by atoms with E-state index >= 15 is 0 Å². The monoisotopic (exact) mass is 401 g/mol. The summed E-state index contributed by atoms with van der Waals surface area (Å²) in [4.78, 5) is 7.73. The van der Waals surface area contributed by atoms with E-state index in [0.29, 0.717) is 29.9 Å². The molecular weight excluding hydrogens is 381 g/mol. The molecule has 6 nitrogen and oxygen atoms in total. The standard InChI is InChI=1S/C20H20FN3O3S/c1-12-9-13(6-8-24(12)28(25)26)18-11-17-15(5-7-22-20(17)23-18)16-10-14(21)3-4-19(16)27-2/h3-5,7,9-12H,6,8H2,1-2H3,(H,22,23)(H,25,26)/t12-/m0/s1. The zero-order chi connectivity index (χ0) is 19.8. The Balaban J connectivity index is 1.80. The van der Waals surface area contributed by atoms with E-state index in [-0.39, 0.29) is 11.9 Å². The van der Waals surface area contributed by atoms with Gasteiger partial charge < -0.3 is 9.72 Å². The highest BCUT2D eigenvalue weighted by Crippen LogP contribution is 2.36. The molecular formula is C20H20FN3O3S. The van der Waals surface area contributed by atoms with E-state index in [9.17, 15) is 13.2 Å². The first-order chi connectivity index (χ1) is 13.5. The van der Waals surface area contributed by atoms with Crippen LogP contribution < -0.4 is 4.74 Å². The van der Waals surface area contributed by atoms with Gasteiger partial charge in [0.1, 0.15) is 17.2 Å². The van der Waals surface area contributed by atoms with E-state index in [0.717, 1.165) is 22.2 Å². The Morgan fingerprint density at radius 3 is 2.86 bits per heavy atom. The van der Waals surface area contributed by atoms with Crippen LogP contribution in [0.3, 0.4) is 0 Å². The Hall–Kier alpha value is -2.55. The quantitative estimate of drug-likeness (QED) is 0.648. The summed E-state index contributed by atoms with van der Waals surface area (Å²) >= 11 is -1.99. The maximum atomic E-state index is 13.9. The van der Waals surface area contributed by atoms with Crippen molar-refractivity contribution in [2.45, 2.75) is 19.4 Å². The summed E-state index contributed by atoms with van der Waals surface area (Å²) < 4.78 is 41.5. The molecule has 2 atom stereocenters. The number of aromatic amines is 1. The molecule has 1 aliphatic heterocycles. The molecule has 1 aromatic carbocycles. The van der Waals surface area contributed by atoms with Crippen molar-refractivity contribution in [2.75, 3.05) is 13.7 Å². The minimum atomic E-state index is -1.99. The van der Waals surface area contributed by atoms with Crippen molar-refractivity contribution in [3.63, 3.8) is 0 Å². The van der Waals surface area contributed by atoms with Crippen LogP contribution in [0.4, 0.5) is 4.39 Å². The van der Waals surface area contributed by atoms with Gasteiger partial charge in [0.15, 0.2) is 0 Å². The first kappa shape index (κ1) is 18.8. The fraction of sp³-hybridized carbons (Fsp3) is 0.250. The third-order valence-corrected chi connectivity index (χ3v) is 5.94. The summed E-state index contributed by atoms with van der Waals surface area (Å²) in [6.45, 7) is 2.38. The fourth-order valence-corrected chi connectivity index (χ4v) is 4.25. The third-order valence-electron chi connectivity index (χ3n) is 5.03. The smallest absolute Gasteiger partial charge is 0.235 e. The van der Waals surface area contributed by atoms with E-state index in [1.807, 2.05) is 25.1 Å². The van der Waals surface area contributed by atoms with Crippen molar-refractivity contribution in [2.24, 2.45) is 0 Å². The van der Waals surface area contributed by atoms with Crippen molar-refractivity contribution in [3.05, 3.63) is 54.1 Å². The molecule has 3 aromatic rings. The number of fused-ring (bicyclic) bond motifs is 1. The molecule has 28 heavy (non-hydrogen) atoms. The molecule has 2 aromatic heterocycles. The van der Waals surface area contributed by atoms with Gasteiger partial charge in [0.05, 0.1) is 7.11 Å². The van der Waals surface area contributed by atoms with E-state index in [1.54, 1.807) is 19.4 Å². The molecule has 0 spiro atoms. The second-order valence-corrected chi connectivity index (χ2v) is 7.63. The minimum Gasteiger partial charge on any atom is -0.496 e. The van der Waals surface area contributed by atoms with Crippen molar-refractivity contribution >= 4 is 27.9 Å². The molecule has 0 aliphatic carbocycles. The summed E-state index contributed by atoms with van der Waals surface area (Å²) in [5.74, 6) is 0.251. The van der Waals surface area contributed by atoms with Gasteiger partial charge in [-0.05, 0) is 54.8 Å². The van der Waals surface area contributed by atoms with Crippen LogP contribution in [0.1, 0.15) is 19.0 Å². The zero-order valence-electron chi connectivity index (χ0n) is 15.5. The number of nitrogens with one attached hydrogen (secondary N) is 1. The number of methoxy groups -OCH3 is 1. The predicted octanol–water partition coefficient (Wildman–Crippen LogP) is 3.99. The zero-order valence-corrected chi connectivity index (χ0v) is 16.3. The lowest BCUT2D eigenvalue weighted by Crippen LogP contribution is -2.37. The molecule has 0 amide bonds. The molecule has 0 saturated carbocycles. The van der Waals surface area contributed by atoms with Gasteiger partial charge in [-0.2, -0.15) is 4.31 Å². The molecule has 0 radical (unpaired) electrons. The van der Waals surface area contributed by atoms with Crippen molar-refractivity contribution in [1.82, 2.24) is 14.3 Å². The molecule has 0 fully saturated rings. The van der Waals surface area contributed by atoms with Crippen molar-refractivity contribution in [3.8, 4) is 16.9 Å². The number of pyridine rings is 1. The summed E-state index contributed by atoms with van der Waals surface area (Å²) in [5.41, 5.74) is 4.14. The predicted molar refractivity (Wildman–Crippen MR) is 108 cm³/mol. The van der Waals surface area contributed by atoms with Gasteiger partial charge in [0.2, 0.25) is 11.3 Å².